The second kappa shape index (κ2) is 9.38. The average molecular weight is 505 g/mol. The van der Waals surface area contributed by atoms with Crippen LogP contribution in [0, 0.1) is 0 Å². The Labute approximate surface area is 200 Å². The van der Waals surface area contributed by atoms with Gasteiger partial charge >= 0.3 is 0 Å². The molecule has 33 heavy (non-hydrogen) atoms. The number of anilines is 2. The quantitative estimate of drug-likeness (QED) is 0.532. The molecule has 0 aliphatic carbocycles. The van der Waals surface area contributed by atoms with Crippen LogP contribution >= 0.6 is 23.2 Å². The van der Waals surface area contributed by atoms with Gasteiger partial charge in [-0.2, -0.15) is 0 Å². The summed E-state index contributed by atoms with van der Waals surface area (Å²) in [5.41, 5.74) is 1.38. The summed E-state index contributed by atoms with van der Waals surface area (Å²) >= 11 is 12.0. The number of carbonyl (C=O) groups excluding carboxylic acids is 2. The van der Waals surface area contributed by atoms with Crippen LogP contribution in [0.4, 0.5) is 11.4 Å². The highest BCUT2D eigenvalue weighted by Crippen LogP contribution is 2.38. The maximum absolute atomic E-state index is 13.6. The molecular weight excluding hydrogens is 487 g/mol. The van der Waals surface area contributed by atoms with Crippen molar-refractivity contribution in [2.24, 2.45) is 0 Å². The lowest BCUT2D eigenvalue weighted by molar-refractivity contribution is -0.125. The highest BCUT2D eigenvalue weighted by Gasteiger charge is 2.42. The molecule has 3 aromatic rings. The van der Waals surface area contributed by atoms with Crippen molar-refractivity contribution in [1.29, 1.82) is 0 Å². The fourth-order valence-electron chi connectivity index (χ4n) is 3.43. The summed E-state index contributed by atoms with van der Waals surface area (Å²) in [4.78, 5) is 29.4. The molecule has 1 atom stereocenters. The smallest absolute Gasteiger partial charge is 0.265 e. The first-order chi connectivity index (χ1) is 15.8. The van der Waals surface area contributed by atoms with Gasteiger partial charge in [-0.05, 0) is 48.0 Å². The fourth-order valence-corrected chi connectivity index (χ4v) is 5.45. The summed E-state index contributed by atoms with van der Waals surface area (Å²) in [7, 11) is -4.27. The van der Waals surface area contributed by atoms with E-state index in [9.17, 15) is 18.0 Å². The van der Waals surface area contributed by atoms with Crippen molar-refractivity contribution in [3.8, 4) is 0 Å². The molecule has 0 fully saturated rings. The minimum Gasteiger partial charge on any atom is -0.352 e. The maximum Gasteiger partial charge on any atom is 0.265 e. The molecule has 0 saturated carbocycles. The number of benzene rings is 2. The van der Waals surface area contributed by atoms with Crippen molar-refractivity contribution in [3.05, 3.63) is 82.6 Å². The zero-order valence-electron chi connectivity index (χ0n) is 17.0. The largest absolute Gasteiger partial charge is 0.352 e. The van der Waals surface area contributed by atoms with Crippen LogP contribution in [-0.4, -0.2) is 31.3 Å². The van der Waals surface area contributed by atoms with Crippen LogP contribution in [0.5, 0.6) is 0 Å². The SMILES string of the molecule is O=C(C[C@@H]1C(=O)Nc2ccccc2N1S(=O)(=O)c1ccc(Cl)c(Cl)c1)NCc1ccncc1. The highest BCUT2D eigenvalue weighted by molar-refractivity contribution is 7.93. The number of nitrogens with one attached hydrogen (secondary N) is 2. The summed E-state index contributed by atoms with van der Waals surface area (Å²) in [6.07, 6.45) is 2.81. The molecule has 2 heterocycles. The number of nitrogens with zero attached hydrogens (tertiary/aromatic N) is 2. The predicted octanol–water partition coefficient (Wildman–Crippen LogP) is 3.61. The third-order valence-electron chi connectivity index (χ3n) is 5.05. The molecule has 1 aliphatic heterocycles. The zero-order valence-corrected chi connectivity index (χ0v) is 19.4. The van der Waals surface area contributed by atoms with Gasteiger partial charge in [-0.3, -0.25) is 18.9 Å². The Balaban J connectivity index is 1.68. The highest BCUT2D eigenvalue weighted by atomic mass is 35.5. The molecule has 8 nitrogen and oxygen atoms in total. The second-order valence-electron chi connectivity index (χ2n) is 7.24. The van der Waals surface area contributed by atoms with E-state index in [1.807, 2.05) is 0 Å². The second-order valence-corrected chi connectivity index (χ2v) is 9.86. The molecule has 1 aromatic heterocycles. The number of hydrogen-bond donors (Lipinski definition) is 2. The molecule has 0 spiro atoms. The topological polar surface area (TPSA) is 108 Å². The van der Waals surface area contributed by atoms with Gasteiger partial charge in [-0.1, -0.05) is 35.3 Å². The predicted molar refractivity (Wildman–Crippen MR) is 126 cm³/mol. The van der Waals surface area contributed by atoms with Gasteiger partial charge < -0.3 is 10.6 Å². The van der Waals surface area contributed by atoms with Crippen LogP contribution in [0.25, 0.3) is 0 Å². The first-order valence-corrected chi connectivity index (χ1v) is 12.0. The summed E-state index contributed by atoms with van der Waals surface area (Å²) in [6, 6.07) is 12.5. The minimum absolute atomic E-state index is 0.0548. The zero-order chi connectivity index (χ0) is 23.6. The van der Waals surface area contributed by atoms with Gasteiger partial charge in [-0.25, -0.2) is 8.42 Å². The number of halogens is 2. The van der Waals surface area contributed by atoms with Crippen molar-refractivity contribution in [2.45, 2.75) is 23.9 Å². The number of aromatic nitrogens is 1. The Hall–Kier alpha value is -3.14. The van der Waals surface area contributed by atoms with E-state index in [4.69, 9.17) is 23.2 Å². The molecule has 4 rings (SSSR count). The van der Waals surface area contributed by atoms with Crippen LogP contribution < -0.4 is 14.9 Å². The summed E-state index contributed by atoms with van der Waals surface area (Å²) < 4.78 is 28.2. The molecule has 2 aromatic carbocycles. The van der Waals surface area contributed by atoms with Crippen molar-refractivity contribution in [1.82, 2.24) is 10.3 Å². The van der Waals surface area contributed by atoms with E-state index in [1.165, 1.54) is 18.2 Å². The Morgan fingerprint density at radius 2 is 1.79 bits per heavy atom. The molecule has 0 saturated heterocycles. The molecule has 170 valence electrons. The lowest BCUT2D eigenvalue weighted by Gasteiger charge is -2.36. The molecule has 0 unspecified atom stereocenters. The number of sulfonamides is 1. The van der Waals surface area contributed by atoms with Gasteiger partial charge in [0, 0.05) is 18.9 Å². The van der Waals surface area contributed by atoms with Crippen LogP contribution in [0.1, 0.15) is 12.0 Å². The molecular formula is C22H18Cl2N4O4S. The van der Waals surface area contributed by atoms with Gasteiger partial charge in [0.15, 0.2) is 0 Å². The number of para-hydroxylation sites is 2. The molecule has 2 amide bonds. The third-order valence-corrected chi connectivity index (χ3v) is 7.61. The van der Waals surface area contributed by atoms with Crippen molar-refractivity contribution in [3.63, 3.8) is 0 Å². The number of amides is 2. The number of hydrogen-bond acceptors (Lipinski definition) is 5. The van der Waals surface area contributed by atoms with E-state index in [-0.39, 0.29) is 33.6 Å². The van der Waals surface area contributed by atoms with Crippen molar-refractivity contribution in [2.75, 3.05) is 9.62 Å². The normalized spacial score (nSPS) is 15.5. The molecule has 0 bridgehead atoms. The first-order valence-electron chi connectivity index (χ1n) is 9.82. The number of pyridine rings is 1. The van der Waals surface area contributed by atoms with E-state index < -0.39 is 27.9 Å². The Morgan fingerprint density at radius 3 is 2.52 bits per heavy atom. The van der Waals surface area contributed by atoms with Gasteiger partial charge in [0.25, 0.3) is 10.0 Å². The standard InChI is InChI=1S/C22H18Cl2N4O4S/c23-16-6-5-15(11-17(16)24)33(31,32)28-19-4-2-1-3-18(19)27-22(30)20(28)12-21(29)26-13-14-7-9-25-10-8-14/h1-11,20H,12-13H2,(H,26,29)(H,27,30)/t20-/m1/s1. The van der Waals surface area contributed by atoms with E-state index >= 15 is 0 Å². The minimum atomic E-state index is -4.27. The number of fused-ring (bicyclic) bond motifs is 1. The van der Waals surface area contributed by atoms with Crippen LogP contribution in [0.15, 0.2) is 71.9 Å². The molecule has 11 heteroatoms. The summed E-state index contributed by atoms with van der Waals surface area (Å²) in [5, 5.41) is 5.64. The molecule has 0 radical (unpaired) electrons. The summed E-state index contributed by atoms with van der Waals surface area (Å²) in [6.45, 7) is 0.214. The van der Waals surface area contributed by atoms with Gasteiger partial charge in [0.2, 0.25) is 11.8 Å². The van der Waals surface area contributed by atoms with E-state index in [0.717, 1.165) is 9.87 Å². The number of carbonyl (C=O) groups is 2. The van der Waals surface area contributed by atoms with E-state index in [1.54, 1.807) is 48.8 Å². The van der Waals surface area contributed by atoms with Crippen LogP contribution in [0.2, 0.25) is 10.0 Å². The number of rotatable bonds is 6. The third kappa shape index (κ3) is 4.80. The van der Waals surface area contributed by atoms with E-state index in [0.29, 0.717) is 5.69 Å². The first kappa shape index (κ1) is 23.0. The Bertz CT molecular complexity index is 1320. The van der Waals surface area contributed by atoms with E-state index in [2.05, 4.69) is 15.6 Å². The van der Waals surface area contributed by atoms with Crippen molar-refractivity contribution < 1.29 is 18.0 Å². The van der Waals surface area contributed by atoms with Gasteiger partial charge in [0.05, 0.1) is 32.7 Å². The Kier molecular flexibility index (Phi) is 6.55. The molecule has 2 N–H and O–H groups in total. The van der Waals surface area contributed by atoms with Gasteiger partial charge in [-0.15, -0.1) is 0 Å². The van der Waals surface area contributed by atoms with Gasteiger partial charge in [0.1, 0.15) is 6.04 Å². The molecule has 1 aliphatic rings. The van der Waals surface area contributed by atoms with Crippen molar-refractivity contribution >= 4 is 56.4 Å². The Morgan fingerprint density at radius 1 is 1.06 bits per heavy atom. The maximum atomic E-state index is 13.6. The lowest BCUT2D eigenvalue weighted by Crippen LogP contribution is -2.52. The fraction of sp³-hybridized carbons (Fsp3) is 0.136. The summed E-state index contributed by atoms with van der Waals surface area (Å²) in [5.74, 6) is -1.10. The average Bonchev–Trinajstić information content (AvgIpc) is 2.80. The monoisotopic (exact) mass is 504 g/mol. The van der Waals surface area contributed by atoms with Crippen LogP contribution in [0.3, 0.4) is 0 Å². The van der Waals surface area contributed by atoms with Crippen LogP contribution in [-0.2, 0) is 26.2 Å². The lowest BCUT2D eigenvalue weighted by atomic mass is 10.1.